The molecule has 7 nitrogen and oxygen atoms in total. The SMILES string of the molecule is Cc1ccc(-c2cnnc(N3CCN(CC(=O)NC4CCCCC4)CC3)n2)cc1. The van der Waals surface area contributed by atoms with Crippen LogP contribution in [-0.4, -0.2) is 64.8 Å². The van der Waals surface area contributed by atoms with Gasteiger partial charge in [0.25, 0.3) is 0 Å². The van der Waals surface area contributed by atoms with Crippen molar-refractivity contribution in [2.45, 2.75) is 45.1 Å². The first-order chi connectivity index (χ1) is 14.2. The van der Waals surface area contributed by atoms with Crippen molar-refractivity contribution in [3.05, 3.63) is 36.0 Å². The molecule has 2 heterocycles. The predicted molar refractivity (Wildman–Crippen MR) is 114 cm³/mol. The Bertz CT molecular complexity index is 810. The van der Waals surface area contributed by atoms with Crippen LogP contribution in [0.5, 0.6) is 0 Å². The lowest BCUT2D eigenvalue weighted by molar-refractivity contribution is -0.123. The highest BCUT2D eigenvalue weighted by Gasteiger charge is 2.23. The van der Waals surface area contributed by atoms with Gasteiger partial charge in [0.05, 0.1) is 18.4 Å². The van der Waals surface area contributed by atoms with Crippen molar-refractivity contribution in [3.8, 4) is 11.3 Å². The fourth-order valence-corrected chi connectivity index (χ4v) is 4.12. The van der Waals surface area contributed by atoms with Crippen molar-refractivity contribution in [1.82, 2.24) is 25.4 Å². The minimum Gasteiger partial charge on any atom is -0.352 e. The van der Waals surface area contributed by atoms with E-state index in [1.54, 1.807) is 6.20 Å². The zero-order valence-electron chi connectivity index (χ0n) is 17.2. The average Bonchev–Trinajstić information content (AvgIpc) is 2.75. The van der Waals surface area contributed by atoms with E-state index in [4.69, 9.17) is 4.98 Å². The van der Waals surface area contributed by atoms with Crippen molar-refractivity contribution in [2.24, 2.45) is 0 Å². The van der Waals surface area contributed by atoms with E-state index in [0.29, 0.717) is 18.5 Å². The van der Waals surface area contributed by atoms with E-state index in [2.05, 4.69) is 56.5 Å². The quantitative estimate of drug-likeness (QED) is 0.840. The molecule has 29 heavy (non-hydrogen) atoms. The van der Waals surface area contributed by atoms with Gasteiger partial charge in [-0.2, -0.15) is 5.10 Å². The first-order valence-electron chi connectivity index (χ1n) is 10.7. The van der Waals surface area contributed by atoms with Crippen LogP contribution in [0.4, 0.5) is 5.95 Å². The van der Waals surface area contributed by atoms with Crippen molar-refractivity contribution in [3.63, 3.8) is 0 Å². The smallest absolute Gasteiger partial charge is 0.245 e. The Morgan fingerprint density at radius 1 is 1.07 bits per heavy atom. The first kappa shape index (κ1) is 19.8. The highest BCUT2D eigenvalue weighted by molar-refractivity contribution is 5.78. The molecule has 0 unspecified atom stereocenters. The van der Waals surface area contributed by atoms with E-state index in [9.17, 15) is 4.79 Å². The Labute approximate surface area is 172 Å². The molecule has 2 fully saturated rings. The van der Waals surface area contributed by atoms with Crippen LogP contribution >= 0.6 is 0 Å². The van der Waals surface area contributed by atoms with Gasteiger partial charge in [0.15, 0.2) is 0 Å². The number of carbonyl (C=O) groups excluding carboxylic acids is 1. The number of aromatic nitrogens is 3. The molecule has 4 rings (SSSR count). The van der Waals surface area contributed by atoms with Crippen LogP contribution in [0, 0.1) is 6.92 Å². The molecule has 2 aliphatic rings. The summed E-state index contributed by atoms with van der Waals surface area (Å²) in [5.74, 6) is 0.819. The van der Waals surface area contributed by atoms with Gasteiger partial charge < -0.3 is 10.2 Å². The summed E-state index contributed by atoms with van der Waals surface area (Å²) in [4.78, 5) is 21.4. The molecule has 1 amide bonds. The third-order valence-corrected chi connectivity index (χ3v) is 5.89. The second-order valence-corrected chi connectivity index (χ2v) is 8.17. The number of anilines is 1. The number of aryl methyl sites for hydroxylation is 1. The van der Waals surface area contributed by atoms with Crippen LogP contribution < -0.4 is 10.2 Å². The highest BCUT2D eigenvalue weighted by Crippen LogP contribution is 2.20. The molecule has 7 heteroatoms. The minimum absolute atomic E-state index is 0.157. The van der Waals surface area contributed by atoms with Crippen LogP contribution in [0.3, 0.4) is 0 Å². The van der Waals surface area contributed by atoms with Crippen LogP contribution in [-0.2, 0) is 4.79 Å². The first-order valence-corrected chi connectivity index (χ1v) is 10.7. The number of nitrogens with one attached hydrogen (secondary N) is 1. The standard InChI is InChI=1S/C22H30N6O/c1-17-7-9-18(10-8-17)20-15-23-26-22(25-20)28-13-11-27(12-14-28)16-21(29)24-19-5-3-2-4-6-19/h7-10,15,19H,2-6,11-14,16H2,1H3,(H,24,29). The van der Waals surface area contributed by atoms with Gasteiger partial charge in [0, 0.05) is 37.8 Å². The summed E-state index contributed by atoms with van der Waals surface area (Å²) in [6, 6.07) is 8.65. The number of nitrogens with zero attached hydrogens (tertiary/aromatic N) is 5. The Morgan fingerprint density at radius 2 is 1.79 bits per heavy atom. The van der Waals surface area contributed by atoms with E-state index < -0.39 is 0 Å². The summed E-state index contributed by atoms with van der Waals surface area (Å²) in [5, 5.41) is 11.6. The number of benzene rings is 1. The summed E-state index contributed by atoms with van der Waals surface area (Å²) in [6.07, 6.45) is 7.73. The summed E-state index contributed by atoms with van der Waals surface area (Å²) in [6.45, 7) is 5.81. The number of piperazine rings is 1. The van der Waals surface area contributed by atoms with Gasteiger partial charge in [-0.15, -0.1) is 5.10 Å². The highest BCUT2D eigenvalue weighted by atomic mass is 16.2. The molecule has 1 aliphatic carbocycles. The lowest BCUT2D eigenvalue weighted by atomic mass is 9.95. The van der Waals surface area contributed by atoms with Crippen LogP contribution in [0.25, 0.3) is 11.3 Å². The third-order valence-electron chi connectivity index (χ3n) is 5.89. The van der Waals surface area contributed by atoms with E-state index in [0.717, 1.165) is 50.3 Å². The molecule has 1 saturated heterocycles. The van der Waals surface area contributed by atoms with Crippen molar-refractivity contribution in [2.75, 3.05) is 37.6 Å². The summed E-state index contributed by atoms with van der Waals surface area (Å²) in [7, 11) is 0. The van der Waals surface area contributed by atoms with E-state index >= 15 is 0 Å². The fourth-order valence-electron chi connectivity index (χ4n) is 4.12. The van der Waals surface area contributed by atoms with E-state index in [1.807, 2.05) is 0 Å². The van der Waals surface area contributed by atoms with Crippen LogP contribution in [0.2, 0.25) is 0 Å². The van der Waals surface area contributed by atoms with Gasteiger partial charge in [-0.3, -0.25) is 9.69 Å². The van der Waals surface area contributed by atoms with Gasteiger partial charge in [0.2, 0.25) is 11.9 Å². The molecule has 1 N–H and O–H groups in total. The number of hydrogen-bond donors (Lipinski definition) is 1. The maximum absolute atomic E-state index is 12.4. The van der Waals surface area contributed by atoms with Gasteiger partial charge in [-0.05, 0) is 19.8 Å². The largest absolute Gasteiger partial charge is 0.352 e. The summed E-state index contributed by atoms with van der Waals surface area (Å²) >= 11 is 0. The third kappa shape index (κ3) is 5.29. The zero-order chi connectivity index (χ0) is 20.1. The van der Waals surface area contributed by atoms with Gasteiger partial charge in [-0.1, -0.05) is 49.1 Å². The Balaban J connectivity index is 1.29. The molecule has 154 valence electrons. The average molecular weight is 395 g/mol. The molecule has 0 atom stereocenters. The molecular formula is C22H30N6O. The Kier molecular flexibility index (Phi) is 6.34. The molecule has 0 spiro atoms. The monoisotopic (exact) mass is 394 g/mol. The number of carbonyl (C=O) groups is 1. The van der Waals surface area contributed by atoms with Gasteiger partial charge in [0.1, 0.15) is 0 Å². The van der Waals surface area contributed by atoms with Crippen molar-refractivity contribution in [1.29, 1.82) is 0 Å². The maximum Gasteiger partial charge on any atom is 0.245 e. The van der Waals surface area contributed by atoms with Crippen molar-refractivity contribution < 1.29 is 4.79 Å². The zero-order valence-corrected chi connectivity index (χ0v) is 17.2. The second kappa shape index (κ2) is 9.31. The molecule has 0 radical (unpaired) electrons. The van der Waals surface area contributed by atoms with E-state index in [-0.39, 0.29) is 5.91 Å². The molecular weight excluding hydrogens is 364 g/mol. The lowest BCUT2D eigenvalue weighted by Crippen LogP contribution is -2.51. The van der Waals surface area contributed by atoms with Crippen LogP contribution in [0.15, 0.2) is 30.5 Å². The molecule has 1 saturated carbocycles. The normalized spacial score (nSPS) is 18.6. The second-order valence-electron chi connectivity index (χ2n) is 8.17. The molecule has 2 aromatic rings. The van der Waals surface area contributed by atoms with Crippen LogP contribution in [0.1, 0.15) is 37.7 Å². The number of hydrogen-bond acceptors (Lipinski definition) is 6. The minimum atomic E-state index is 0.157. The van der Waals surface area contributed by atoms with Crippen molar-refractivity contribution >= 4 is 11.9 Å². The van der Waals surface area contributed by atoms with Gasteiger partial charge in [-0.25, -0.2) is 4.98 Å². The fraction of sp³-hybridized carbons (Fsp3) is 0.545. The summed E-state index contributed by atoms with van der Waals surface area (Å²) < 4.78 is 0. The molecule has 1 aromatic heterocycles. The summed E-state index contributed by atoms with van der Waals surface area (Å²) in [5.41, 5.74) is 3.11. The van der Waals surface area contributed by atoms with Gasteiger partial charge >= 0.3 is 0 Å². The molecule has 1 aromatic carbocycles. The molecule has 1 aliphatic heterocycles. The number of amides is 1. The Hall–Kier alpha value is -2.54. The lowest BCUT2D eigenvalue weighted by Gasteiger charge is -2.34. The predicted octanol–water partition coefficient (Wildman–Crippen LogP) is 2.42. The topological polar surface area (TPSA) is 74.2 Å². The van der Waals surface area contributed by atoms with E-state index in [1.165, 1.54) is 24.8 Å². The molecule has 0 bridgehead atoms. The Morgan fingerprint density at radius 3 is 2.52 bits per heavy atom. The maximum atomic E-state index is 12.4. The number of rotatable bonds is 5.